The lowest BCUT2D eigenvalue weighted by Gasteiger charge is -2.13. The van der Waals surface area contributed by atoms with E-state index < -0.39 is 5.97 Å². The summed E-state index contributed by atoms with van der Waals surface area (Å²) in [6, 6.07) is 3.66. The molecule has 0 aromatic heterocycles. The summed E-state index contributed by atoms with van der Waals surface area (Å²) < 4.78 is 11.8. The number of rotatable bonds is 7. The highest BCUT2D eigenvalue weighted by molar-refractivity contribution is 9.10. The van der Waals surface area contributed by atoms with Crippen LogP contribution in [-0.4, -0.2) is 24.3 Å². The maximum absolute atomic E-state index is 10.6. The summed E-state index contributed by atoms with van der Waals surface area (Å²) in [5, 5.41) is 8.71. The van der Waals surface area contributed by atoms with Crippen LogP contribution in [0.5, 0.6) is 11.5 Å². The topological polar surface area (TPSA) is 55.8 Å². The standard InChI is InChI=1S/C13H17BrO4/c1-3-17-11-7-9(5-6-13(15)16)10(14)8-12(11)18-4-2/h7-8H,3-6H2,1-2H3,(H,15,16). The predicted octanol–water partition coefficient (Wildman–Crippen LogP) is 3.26. The zero-order valence-corrected chi connectivity index (χ0v) is 12.1. The third-order valence-corrected chi connectivity index (χ3v) is 3.06. The predicted molar refractivity (Wildman–Crippen MR) is 72.4 cm³/mol. The Labute approximate surface area is 115 Å². The zero-order chi connectivity index (χ0) is 13.5. The van der Waals surface area contributed by atoms with Crippen molar-refractivity contribution < 1.29 is 19.4 Å². The van der Waals surface area contributed by atoms with Crippen LogP contribution in [0.15, 0.2) is 16.6 Å². The van der Waals surface area contributed by atoms with E-state index in [-0.39, 0.29) is 6.42 Å². The number of ether oxygens (including phenoxy) is 2. The molecular formula is C13H17BrO4. The molecule has 0 aliphatic rings. The molecule has 0 saturated carbocycles. The van der Waals surface area contributed by atoms with Crippen LogP contribution in [0.2, 0.25) is 0 Å². The highest BCUT2D eigenvalue weighted by atomic mass is 79.9. The Balaban J connectivity index is 2.97. The Kier molecular flexibility index (Phi) is 5.98. The van der Waals surface area contributed by atoms with Gasteiger partial charge in [0.25, 0.3) is 0 Å². The fraction of sp³-hybridized carbons (Fsp3) is 0.462. The molecule has 18 heavy (non-hydrogen) atoms. The summed E-state index contributed by atoms with van der Waals surface area (Å²) in [5.74, 6) is 0.516. The third kappa shape index (κ3) is 4.22. The molecule has 5 heteroatoms. The summed E-state index contributed by atoms with van der Waals surface area (Å²) in [4.78, 5) is 10.6. The summed E-state index contributed by atoms with van der Waals surface area (Å²) >= 11 is 3.42. The van der Waals surface area contributed by atoms with Gasteiger partial charge in [-0.05, 0) is 38.0 Å². The molecule has 0 amide bonds. The molecule has 0 aliphatic carbocycles. The van der Waals surface area contributed by atoms with Crippen molar-refractivity contribution in [1.82, 2.24) is 0 Å². The molecule has 0 spiro atoms. The summed E-state index contributed by atoms with van der Waals surface area (Å²) in [6.07, 6.45) is 0.556. The molecule has 0 unspecified atom stereocenters. The normalized spacial score (nSPS) is 10.2. The molecule has 4 nitrogen and oxygen atoms in total. The number of carbonyl (C=O) groups is 1. The Morgan fingerprint density at radius 3 is 2.28 bits per heavy atom. The van der Waals surface area contributed by atoms with Gasteiger partial charge >= 0.3 is 5.97 Å². The molecule has 100 valence electrons. The van der Waals surface area contributed by atoms with Crippen LogP contribution < -0.4 is 9.47 Å². The molecule has 0 bridgehead atoms. The van der Waals surface area contributed by atoms with Gasteiger partial charge in [0.1, 0.15) is 0 Å². The molecule has 0 radical (unpaired) electrons. The van der Waals surface area contributed by atoms with E-state index in [9.17, 15) is 4.79 Å². The van der Waals surface area contributed by atoms with Crippen molar-refractivity contribution in [3.05, 3.63) is 22.2 Å². The molecule has 0 saturated heterocycles. The van der Waals surface area contributed by atoms with E-state index in [2.05, 4.69) is 15.9 Å². The number of aliphatic carboxylic acids is 1. The van der Waals surface area contributed by atoms with Crippen LogP contribution in [0.4, 0.5) is 0 Å². The molecule has 1 aromatic rings. The van der Waals surface area contributed by atoms with Crippen molar-refractivity contribution in [2.75, 3.05) is 13.2 Å². The molecule has 1 N–H and O–H groups in total. The second kappa shape index (κ2) is 7.26. The molecular weight excluding hydrogens is 300 g/mol. The Hall–Kier alpha value is -1.23. The number of carboxylic acid groups (broad SMARTS) is 1. The van der Waals surface area contributed by atoms with Crippen molar-refractivity contribution in [2.45, 2.75) is 26.7 Å². The van der Waals surface area contributed by atoms with Crippen LogP contribution in [0.25, 0.3) is 0 Å². The first-order chi connectivity index (χ1) is 8.58. The molecule has 0 atom stereocenters. The SMILES string of the molecule is CCOc1cc(Br)c(CCC(=O)O)cc1OCC. The lowest BCUT2D eigenvalue weighted by Crippen LogP contribution is -2.02. The first-order valence-electron chi connectivity index (χ1n) is 5.88. The lowest BCUT2D eigenvalue weighted by atomic mass is 10.1. The minimum Gasteiger partial charge on any atom is -0.490 e. The van der Waals surface area contributed by atoms with E-state index in [1.165, 1.54) is 0 Å². The van der Waals surface area contributed by atoms with Crippen molar-refractivity contribution in [3.8, 4) is 11.5 Å². The monoisotopic (exact) mass is 316 g/mol. The van der Waals surface area contributed by atoms with Gasteiger partial charge in [-0.25, -0.2) is 0 Å². The highest BCUT2D eigenvalue weighted by Gasteiger charge is 2.11. The van der Waals surface area contributed by atoms with Crippen molar-refractivity contribution in [2.24, 2.45) is 0 Å². The van der Waals surface area contributed by atoms with Gasteiger partial charge in [0.15, 0.2) is 11.5 Å². The second-order valence-corrected chi connectivity index (χ2v) is 4.50. The second-order valence-electron chi connectivity index (χ2n) is 3.65. The number of halogens is 1. The summed E-state index contributed by atoms with van der Waals surface area (Å²) in [7, 11) is 0. The fourth-order valence-corrected chi connectivity index (χ4v) is 2.07. The molecule has 0 aliphatic heterocycles. The molecule has 1 rings (SSSR count). The van der Waals surface area contributed by atoms with Crippen LogP contribution >= 0.6 is 15.9 Å². The summed E-state index contributed by atoms with van der Waals surface area (Å²) in [5.41, 5.74) is 0.907. The summed E-state index contributed by atoms with van der Waals surface area (Å²) in [6.45, 7) is 4.90. The number of aryl methyl sites for hydroxylation is 1. The maximum Gasteiger partial charge on any atom is 0.303 e. The molecule has 0 heterocycles. The van der Waals surface area contributed by atoms with Crippen LogP contribution in [0.3, 0.4) is 0 Å². The van der Waals surface area contributed by atoms with Crippen molar-refractivity contribution in [1.29, 1.82) is 0 Å². The minimum absolute atomic E-state index is 0.0954. The van der Waals surface area contributed by atoms with E-state index >= 15 is 0 Å². The average molecular weight is 317 g/mol. The van der Waals surface area contributed by atoms with Gasteiger partial charge < -0.3 is 14.6 Å². The molecule has 0 fully saturated rings. The number of hydrogen-bond acceptors (Lipinski definition) is 3. The van der Waals surface area contributed by atoms with Gasteiger partial charge in [-0.2, -0.15) is 0 Å². The number of carboxylic acids is 1. The lowest BCUT2D eigenvalue weighted by molar-refractivity contribution is -0.136. The van der Waals surface area contributed by atoms with E-state index in [4.69, 9.17) is 14.6 Å². The van der Waals surface area contributed by atoms with Gasteiger partial charge in [0, 0.05) is 10.9 Å². The van der Waals surface area contributed by atoms with Crippen molar-refractivity contribution in [3.63, 3.8) is 0 Å². The van der Waals surface area contributed by atoms with Crippen LogP contribution in [0.1, 0.15) is 25.8 Å². The van der Waals surface area contributed by atoms with E-state index in [0.717, 1.165) is 10.0 Å². The van der Waals surface area contributed by atoms with Gasteiger partial charge in [-0.15, -0.1) is 0 Å². The van der Waals surface area contributed by atoms with Gasteiger partial charge in [-0.3, -0.25) is 4.79 Å². The molecule has 1 aromatic carbocycles. The largest absolute Gasteiger partial charge is 0.490 e. The van der Waals surface area contributed by atoms with Gasteiger partial charge in [0.05, 0.1) is 13.2 Å². The smallest absolute Gasteiger partial charge is 0.303 e. The van der Waals surface area contributed by atoms with Gasteiger partial charge in [-0.1, -0.05) is 15.9 Å². The van der Waals surface area contributed by atoms with E-state index in [1.807, 2.05) is 26.0 Å². The number of benzene rings is 1. The zero-order valence-electron chi connectivity index (χ0n) is 10.5. The van der Waals surface area contributed by atoms with E-state index in [0.29, 0.717) is 31.1 Å². The van der Waals surface area contributed by atoms with E-state index in [1.54, 1.807) is 0 Å². The maximum atomic E-state index is 10.6. The Morgan fingerprint density at radius 1 is 1.22 bits per heavy atom. The average Bonchev–Trinajstić information content (AvgIpc) is 2.31. The first kappa shape index (κ1) is 14.8. The van der Waals surface area contributed by atoms with Crippen LogP contribution in [0, 0.1) is 0 Å². The number of hydrogen-bond donors (Lipinski definition) is 1. The van der Waals surface area contributed by atoms with Crippen molar-refractivity contribution >= 4 is 21.9 Å². The highest BCUT2D eigenvalue weighted by Crippen LogP contribution is 2.34. The Morgan fingerprint density at radius 2 is 1.78 bits per heavy atom. The van der Waals surface area contributed by atoms with Gasteiger partial charge in [0.2, 0.25) is 0 Å². The fourth-order valence-electron chi connectivity index (χ4n) is 1.55. The third-order valence-electron chi connectivity index (χ3n) is 2.32. The minimum atomic E-state index is -0.811. The quantitative estimate of drug-likeness (QED) is 0.838. The first-order valence-corrected chi connectivity index (χ1v) is 6.67. The Bertz CT molecular complexity index is 418. The van der Waals surface area contributed by atoms with Crippen LogP contribution in [-0.2, 0) is 11.2 Å².